The Labute approximate surface area is 152 Å². The van der Waals surface area contributed by atoms with Crippen LogP contribution < -0.4 is 5.32 Å². The van der Waals surface area contributed by atoms with E-state index in [-0.39, 0.29) is 12.5 Å². The number of nitrogens with zero attached hydrogens (tertiary/aromatic N) is 3. The molecule has 2 aliphatic rings. The van der Waals surface area contributed by atoms with Crippen molar-refractivity contribution in [1.29, 1.82) is 5.26 Å². The number of likely N-dealkylation sites (tertiary alicyclic amines) is 1. The smallest absolute Gasteiger partial charge is 0.325 e. The van der Waals surface area contributed by atoms with Gasteiger partial charge >= 0.3 is 6.03 Å². The number of imide groups is 1. The maximum Gasteiger partial charge on any atom is 0.325 e. The van der Waals surface area contributed by atoms with Gasteiger partial charge in [0.15, 0.2) is 0 Å². The van der Waals surface area contributed by atoms with E-state index in [1.807, 2.05) is 6.07 Å². The van der Waals surface area contributed by atoms with E-state index in [4.69, 9.17) is 5.26 Å². The van der Waals surface area contributed by atoms with Crippen molar-refractivity contribution in [3.05, 3.63) is 35.4 Å². The lowest BCUT2D eigenvalue weighted by atomic mass is 9.91. The molecule has 4 amide bonds. The van der Waals surface area contributed by atoms with Gasteiger partial charge in [-0.2, -0.15) is 5.26 Å². The summed E-state index contributed by atoms with van der Waals surface area (Å²) in [7, 11) is 0. The molecule has 2 saturated heterocycles. The van der Waals surface area contributed by atoms with E-state index >= 15 is 0 Å². The highest BCUT2D eigenvalue weighted by molar-refractivity contribution is 6.09. The molecule has 1 N–H and O–H groups in total. The van der Waals surface area contributed by atoms with Gasteiger partial charge in [-0.15, -0.1) is 0 Å². The maximum atomic E-state index is 12.9. The Balaban J connectivity index is 1.76. The number of benzene rings is 1. The minimum Gasteiger partial charge on any atom is -0.341 e. The van der Waals surface area contributed by atoms with Crippen molar-refractivity contribution in [2.75, 3.05) is 19.6 Å². The third kappa shape index (κ3) is 3.15. The van der Waals surface area contributed by atoms with Crippen molar-refractivity contribution >= 4 is 17.8 Å². The average molecular weight is 354 g/mol. The van der Waals surface area contributed by atoms with Crippen LogP contribution in [-0.2, 0) is 15.1 Å². The fourth-order valence-electron chi connectivity index (χ4n) is 3.43. The van der Waals surface area contributed by atoms with Gasteiger partial charge in [0, 0.05) is 13.1 Å². The number of piperidine rings is 1. The van der Waals surface area contributed by atoms with Crippen molar-refractivity contribution in [1.82, 2.24) is 15.1 Å². The van der Waals surface area contributed by atoms with Crippen molar-refractivity contribution in [2.24, 2.45) is 5.92 Å². The van der Waals surface area contributed by atoms with Gasteiger partial charge in [0.1, 0.15) is 12.1 Å². The normalized spacial score (nSPS) is 23.7. The zero-order chi connectivity index (χ0) is 18.9. The third-order valence-corrected chi connectivity index (χ3v) is 5.27. The largest absolute Gasteiger partial charge is 0.341 e. The van der Waals surface area contributed by atoms with Crippen LogP contribution in [0.15, 0.2) is 24.3 Å². The first-order valence-corrected chi connectivity index (χ1v) is 8.77. The van der Waals surface area contributed by atoms with Crippen LogP contribution >= 0.6 is 0 Å². The quantitative estimate of drug-likeness (QED) is 0.834. The van der Waals surface area contributed by atoms with E-state index in [1.54, 1.807) is 36.1 Å². The molecule has 26 heavy (non-hydrogen) atoms. The number of carbonyl (C=O) groups excluding carboxylic acids is 3. The standard InChI is InChI=1S/C19H22N4O3/c1-13-6-8-22(9-7-13)16(24)12-23-17(25)19(2,21-18(23)26)15-5-3-4-14(10-15)11-20/h3-5,10,13H,6-9,12H2,1-2H3,(H,21,26). The molecule has 2 heterocycles. The van der Waals surface area contributed by atoms with E-state index in [2.05, 4.69) is 12.2 Å². The average Bonchev–Trinajstić information content (AvgIpc) is 2.86. The lowest BCUT2D eigenvalue weighted by Gasteiger charge is -2.31. The molecule has 1 unspecified atom stereocenters. The summed E-state index contributed by atoms with van der Waals surface area (Å²) in [6.45, 7) is 4.81. The molecule has 1 atom stereocenters. The first kappa shape index (κ1) is 17.9. The zero-order valence-electron chi connectivity index (χ0n) is 15.0. The van der Waals surface area contributed by atoms with E-state index in [1.165, 1.54) is 0 Å². The van der Waals surface area contributed by atoms with Gasteiger partial charge in [0.2, 0.25) is 5.91 Å². The number of nitrogens with one attached hydrogen (secondary N) is 1. The molecule has 0 aromatic heterocycles. The number of hydrogen-bond donors (Lipinski definition) is 1. The van der Waals surface area contributed by atoms with Crippen LogP contribution in [0.3, 0.4) is 0 Å². The summed E-state index contributed by atoms with van der Waals surface area (Å²) < 4.78 is 0. The Hall–Kier alpha value is -2.88. The fourth-order valence-corrected chi connectivity index (χ4v) is 3.43. The molecule has 1 aromatic carbocycles. The number of carbonyl (C=O) groups is 3. The summed E-state index contributed by atoms with van der Waals surface area (Å²) in [6, 6.07) is 8.01. The van der Waals surface area contributed by atoms with Gasteiger partial charge in [-0.05, 0) is 43.4 Å². The second kappa shape index (κ2) is 6.79. The molecule has 2 fully saturated rings. The van der Waals surface area contributed by atoms with Crippen LogP contribution in [0.1, 0.15) is 37.8 Å². The lowest BCUT2D eigenvalue weighted by molar-refractivity contribution is -0.139. The van der Waals surface area contributed by atoms with Gasteiger partial charge in [0.05, 0.1) is 11.6 Å². The fraction of sp³-hybridized carbons (Fsp3) is 0.474. The van der Waals surface area contributed by atoms with Crippen LogP contribution in [0.25, 0.3) is 0 Å². The summed E-state index contributed by atoms with van der Waals surface area (Å²) in [5.41, 5.74) is -0.347. The minimum absolute atomic E-state index is 0.213. The number of urea groups is 1. The van der Waals surface area contributed by atoms with Crippen molar-refractivity contribution in [2.45, 2.75) is 32.2 Å². The molecule has 0 spiro atoms. The molecule has 2 aliphatic heterocycles. The number of nitriles is 1. The second-order valence-electron chi connectivity index (χ2n) is 7.20. The summed E-state index contributed by atoms with van der Waals surface area (Å²) in [5.74, 6) is -0.0989. The first-order chi connectivity index (χ1) is 12.3. The van der Waals surface area contributed by atoms with Crippen molar-refractivity contribution in [3.8, 4) is 6.07 Å². The Morgan fingerprint density at radius 2 is 2.04 bits per heavy atom. The molecule has 7 nitrogen and oxygen atoms in total. The van der Waals surface area contributed by atoms with Crippen LogP contribution in [0.4, 0.5) is 4.79 Å². The highest BCUT2D eigenvalue weighted by Gasteiger charge is 2.49. The van der Waals surface area contributed by atoms with Crippen LogP contribution in [0, 0.1) is 17.2 Å². The van der Waals surface area contributed by atoms with Crippen LogP contribution in [0.2, 0.25) is 0 Å². The topological polar surface area (TPSA) is 93.5 Å². The van der Waals surface area contributed by atoms with E-state index in [0.717, 1.165) is 17.7 Å². The Bertz CT molecular complexity index is 792. The summed E-state index contributed by atoms with van der Waals surface area (Å²) >= 11 is 0. The van der Waals surface area contributed by atoms with Crippen molar-refractivity contribution in [3.63, 3.8) is 0 Å². The highest BCUT2D eigenvalue weighted by Crippen LogP contribution is 2.29. The molecule has 3 rings (SSSR count). The van der Waals surface area contributed by atoms with Crippen molar-refractivity contribution < 1.29 is 14.4 Å². The maximum absolute atomic E-state index is 12.9. The molecule has 0 radical (unpaired) electrons. The third-order valence-electron chi connectivity index (χ3n) is 5.27. The Morgan fingerprint density at radius 1 is 1.35 bits per heavy atom. The molecular weight excluding hydrogens is 332 g/mol. The van der Waals surface area contributed by atoms with E-state index in [0.29, 0.717) is 30.1 Å². The lowest BCUT2D eigenvalue weighted by Crippen LogP contribution is -2.46. The number of rotatable bonds is 3. The minimum atomic E-state index is -1.28. The van der Waals surface area contributed by atoms with E-state index < -0.39 is 17.5 Å². The molecule has 0 saturated carbocycles. The zero-order valence-corrected chi connectivity index (χ0v) is 15.0. The Morgan fingerprint density at radius 3 is 2.69 bits per heavy atom. The highest BCUT2D eigenvalue weighted by atomic mass is 16.2. The van der Waals surface area contributed by atoms with Gasteiger partial charge in [-0.25, -0.2) is 4.79 Å². The predicted molar refractivity (Wildman–Crippen MR) is 93.7 cm³/mol. The van der Waals surface area contributed by atoms with Gasteiger partial charge < -0.3 is 10.2 Å². The van der Waals surface area contributed by atoms with Crippen LogP contribution in [0.5, 0.6) is 0 Å². The summed E-state index contributed by atoms with van der Waals surface area (Å²) in [6.07, 6.45) is 1.87. The summed E-state index contributed by atoms with van der Waals surface area (Å²) in [5, 5.41) is 11.7. The van der Waals surface area contributed by atoms with Gasteiger partial charge in [0.25, 0.3) is 5.91 Å². The molecular formula is C19H22N4O3. The van der Waals surface area contributed by atoms with E-state index in [9.17, 15) is 14.4 Å². The summed E-state index contributed by atoms with van der Waals surface area (Å²) in [4.78, 5) is 40.4. The molecule has 0 bridgehead atoms. The SMILES string of the molecule is CC1CCN(C(=O)CN2C(=O)NC(C)(c3cccc(C#N)c3)C2=O)CC1. The first-order valence-electron chi connectivity index (χ1n) is 8.77. The Kier molecular flexibility index (Phi) is 4.68. The molecule has 136 valence electrons. The second-order valence-corrected chi connectivity index (χ2v) is 7.20. The number of amides is 4. The molecule has 7 heteroatoms. The van der Waals surface area contributed by atoms with Gasteiger partial charge in [-0.1, -0.05) is 19.1 Å². The predicted octanol–water partition coefficient (Wildman–Crippen LogP) is 1.58. The van der Waals surface area contributed by atoms with Gasteiger partial charge in [-0.3, -0.25) is 14.5 Å². The monoisotopic (exact) mass is 354 g/mol. The molecule has 0 aliphatic carbocycles. The van der Waals surface area contributed by atoms with Crippen LogP contribution in [-0.4, -0.2) is 47.3 Å². The number of hydrogen-bond acceptors (Lipinski definition) is 4. The molecule has 1 aromatic rings.